The number of rotatable bonds is 19. The summed E-state index contributed by atoms with van der Waals surface area (Å²) in [5, 5.41) is 6.45. The third-order valence-electron chi connectivity index (χ3n) is 10.7. The monoisotopic (exact) mass is 729 g/mol. The molecular weight excluding hydrogens is 671 g/mol. The highest BCUT2D eigenvalue weighted by molar-refractivity contribution is 7.99. The van der Waals surface area contributed by atoms with Crippen LogP contribution >= 0.6 is 11.8 Å². The molecule has 8 nitrogen and oxygen atoms in total. The number of likely N-dealkylation sites (tertiary alicyclic amines) is 1. The first kappa shape index (κ1) is 40.9. The van der Waals surface area contributed by atoms with E-state index in [1.807, 2.05) is 43.0 Å². The maximum atomic E-state index is 14.4. The summed E-state index contributed by atoms with van der Waals surface area (Å²) in [5.41, 5.74) is 2.60. The Morgan fingerprint density at radius 2 is 1.79 bits per heavy atom. The highest BCUT2D eigenvalue weighted by Gasteiger charge is 2.40. The zero-order chi connectivity index (χ0) is 37.6. The molecule has 52 heavy (non-hydrogen) atoms. The minimum absolute atomic E-state index is 0.0221. The first-order valence-corrected chi connectivity index (χ1v) is 20.0. The average molecular weight is 730 g/mol. The molecule has 2 amide bonds. The molecule has 1 saturated heterocycles. The Kier molecular flexibility index (Phi) is 16.1. The number of carbonyl (C=O) groups is 4. The molecule has 2 aliphatic carbocycles. The summed E-state index contributed by atoms with van der Waals surface area (Å²) in [6, 6.07) is 7.03. The van der Waals surface area contributed by atoms with Crippen LogP contribution in [0.5, 0.6) is 5.75 Å². The number of nitrogens with zero attached hydrogens (tertiary/aromatic N) is 1. The lowest BCUT2D eigenvalue weighted by Crippen LogP contribution is -2.56. The van der Waals surface area contributed by atoms with E-state index in [0.717, 1.165) is 55.7 Å². The van der Waals surface area contributed by atoms with Gasteiger partial charge in [0.1, 0.15) is 23.6 Å². The molecule has 3 aliphatic rings. The largest absolute Gasteiger partial charge is 0.497 e. The van der Waals surface area contributed by atoms with Crippen LogP contribution in [0.4, 0.5) is 0 Å². The normalized spacial score (nSPS) is 22.7. The summed E-state index contributed by atoms with van der Waals surface area (Å²) in [5.74, 6) is 1.73. The number of ketones is 2. The first-order chi connectivity index (χ1) is 25.0. The van der Waals surface area contributed by atoms with E-state index in [9.17, 15) is 19.2 Å². The maximum absolute atomic E-state index is 14.4. The smallest absolute Gasteiger partial charge is 0.245 e. The van der Waals surface area contributed by atoms with Gasteiger partial charge in [-0.05, 0) is 80.9 Å². The Morgan fingerprint density at radius 3 is 2.44 bits per heavy atom. The number of ether oxygens (including phenoxy) is 1. The topological polar surface area (TPSA) is 105 Å². The van der Waals surface area contributed by atoms with E-state index in [1.54, 1.807) is 32.0 Å². The maximum Gasteiger partial charge on any atom is 0.245 e. The molecule has 1 fully saturated rings. The van der Waals surface area contributed by atoms with E-state index < -0.39 is 12.1 Å². The van der Waals surface area contributed by atoms with Crippen molar-refractivity contribution in [2.75, 3.05) is 20.7 Å². The Morgan fingerprint density at radius 1 is 1.04 bits per heavy atom. The van der Waals surface area contributed by atoms with Gasteiger partial charge in [0.15, 0.2) is 5.78 Å². The Bertz CT molecular complexity index is 1530. The highest BCUT2D eigenvalue weighted by atomic mass is 32.2. The highest BCUT2D eigenvalue weighted by Crippen LogP contribution is 2.34. The molecule has 4 rings (SSSR count). The summed E-state index contributed by atoms with van der Waals surface area (Å²) in [4.78, 5) is 54.6. The molecule has 1 aromatic rings. The lowest BCUT2D eigenvalue weighted by molar-refractivity contribution is -0.142. The fourth-order valence-corrected chi connectivity index (χ4v) is 8.88. The molecule has 1 aliphatic heterocycles. The number of carbonyl (C=O) groups excluding carboxylic acids is 4. The van der Waals surface area contributed by atoms with Gasteiger partial charge in [0.2, 0.25) is 11.8 Å². The second kappa shape index (κ2) is 20.4. The van der Waals surface area contributed by atoms with Crippen LogP contribution in [0.1, 0.15) is 84.1 Å². The van der Waals surface area contributed by atoms with Crippen LogP contribution in [-0.4, -0.2) is 66.3 Å². The van der Waals surface area contributed by atoms with Gasteiger partial charge in [-0.1, -0.05) is 87.9 Å². The van der Waals surface area contributed by atoms with Gasteiger partial charge < -0.3 is 20.3 Å². The van der Waals surface area contributed by atoms with Crippen LogP contribution in [-0.2, 0) is 24.9 Å². The molecule has 6 atom stereocenters. The molecule has 5 unspecified atom stereocenters. The number of nitrogens with one attached hydrogen (secondary N) is 2. The van der Waals surface area contributed by atoms with Crippen molar-refractivity contribution in [1.82, 2.24) is 15.5 Å². The fraction of sp³-hybridized carbons (Fsp3) is 0.535. The van der Waals surface area contributed by atoms with Crippen LogP contribution in [0.3, 0.4) is 0 Å². The van der Waals surface area contributed by atoms with Crippen LogP contribution in [0.25, 0.3) is 0 Å². The Labute approximate surface area is 315 Å². The van der Waals surface area contributed by atoms with Gasteiger partial charge in [-0.25, -0.2) is 0 Å². The van der Waals surface area contributed by atoms with Gasteiger partial charge in [0.25, 0.3) is 0 Å². The third-order valence-corrected chi connectivity index (χ3v) is 12.1. The van der Waals surface area contributed by atoms with Crippen molar-refractivity contribution in [2.24, 2.45) is 23.7 Å². The van der Waals surface area contributed by atoms with E-state index in [1.165, 1.54) is 12.5 Å². The van der Waals surface area contributed by atoms with E-state index in [2.05, 4.69) is 53.6 Å². The minimum atomic E-state index is -0.551. The predicted octanol–water partition coefficient (Wildman–Crippen LogP) is 7.52. The summed E-state index contributed by atoms with van der Waals surface area (Å²) < 4.78 is 5.35. The van der Waals surface area contributed by atoms with Crippen molar-refractivity contribution in [2.45, 2.75) is 102 Å². The van der Waals surface area contributed by atoms with Crippen LogP contribution in [0.2, 0.25) is 0 Å². The minimum Gasteiger partial charge on any atom is -0.497 e. The van der Waals surface area contributed by atoms with Crippen LogP contribution in [0.15, 0.2) is 84.6 Å². The number of likely N-dealkylation sites (N-methyl/N-ethyl adjacent to an activating group) is 1. The average Bonchev–Trinajstić information content (AvgIpc) is 3.31. The van der Waals surface area contributed by atoms with Crippen molar-refractivity contribution in [3.05, 3.63) is 90.2 Å². The molecule has 1 heterocycles. The number of benzene rings is 1. The quantitative estimate of drug-likeness (QED) is 0.142. The predicted molar refractivity (Wildman–Crippen MR) is 212 cm³/mol. The third kappa shape index (κ3) is 11.3. The first-order valence-electron chi connectivity index (χ1n) is 19.0. The number of unbranched alkanes of at least 4 members (excludes halogenated alkanes) is 2. The number of hydrogen-bond acceptors (Lipinski definition) is 7. The van der Waals surface area contributed by atoms with E-state index in [-0.39, 0.29) is 46.4 Å². The van der Waals surface area contributed by atoms with E-state index in [4.69, 9.17) is 4.74 Å². The molecule has 9 heteroatoms. The molecule has 0 aromatic heterocycles. The van der Waals surface area contributed by atoms with Gasteiger partial charge in [-0.3, -0.25) is 19.2 Å². The summed E-state index contributed by atoms with van der Waals surface area (Å²) in [6.45, 7) is 10.6. The number of methoxy groups -OCH3 is 1. The van der Waals surface area contributed by atoms with Gasteiger partial charge >= 0.3 is 0 Å². The van der Waals surface area contributed by atoms with Crippen molar-refractivity contribution >= 4 is 35.1 Å². The Balaban J connectivity index is 1.47. The van der Waals surface area contributed by atoms with Gasteiger partial charge in [-0.15, -0.1) is 11.8 Å². The second-order valence-electron chi connectivity index (χ2n) is 14.7. The molecule has 0 saturated carbocycles. The van der Waals surface area contributed by atoms with E-state index in [0.29, 0.717) is 37.3 Å². The molecule has 2 N–H and O–H groups in total. The molecule has 0 bridgehead atoms. The van der Waals surface area contributed by atoms with Crippen LogP contribution in [0, 0.1) is 23.7 Å². The Hall–Kier alpha value is -3.85. The number of allylic oxidation sites excluding steroid dienone is 8. The van der Waals surface area contributed by atoms with Crippen LogP contribution < -0.4 is 15.4 Å². The molecule has 282 valence electrons. The molecule has 0 spiro atoms. The number of Topliss-reactive ketones (excluding diaryl/α,β-unsaturated/α-hetero) is 2. The van der Waals surface area contributed by atoms with Gasteiger partial charge in [0.05, 0.1) is 7.11 Å². The molecular formula is C43H59N3O5S. The summed E-state index contributed by atoms with van der Waals surface area (Å²) in [6.07, 6.45) is 21.1. The van der Waals surface area contributed by atoms with E-state index >= 15 is 0 Å². The van der Waals surface area contributed by atoms with Gasteiger partial charge in [0, 0.05) is 48.2 Å². The number of hydrogen-bond donors (Lipinski definition) is 2. The van der Waals surface area contributed by atoms with Crippen molar-refractivity contribution < 1.29 is 23.9 Å². The zero-order valence-corrected chi connectivity index (χ0v) is 32.6. The van der Waals surface area contributed by atoms with Crippen molar-refractivity contribution in [1.29, 1.82) is 0 Å². The second-order valence-corrected chi connectivity index (χ2v) is 15.9. The molecule has 0 radical (unpaired) electrons. The molecule has 1 aromatic carbocycles. The number of amides is 2. The van der Waals surface area contributed by atoms with Crippen molar-refractivity contribution in [3.63, 3.8) is 0 Å². The fourth-order valence-electron chi connectivity index (χ4n) is 7.69. The summed E-state index contributed by atoms with van der Waals surface area (Å²) >= 11 is 1.80. The SMILES string of the molecule is C=C(NC1CC([C@@H]2C=CC=CC2)CCN(C(C(=O)NC)C(C)C)C1=O)C(CCCCCC(=O)C1CC=CC=C1C(C)=O)SCc1ccc(OC)cc1. The summed E-state index contributed by atoms with van der Waals surface area (Å²) in [7, 11) is 3.29. The lowest BCUT2D eigenvalue weighted by atomic mass is 9.81. The standard InChI is InChI=1S/C43H59N3O5S/c1-29(2)41(42(49)44-5)46-26-25-34(33-15-9-7-10-16-33)27-38(43(46)50)45-30(3)40(52-28-32-21-23-35(51-6)24-22-32)20-12-8-11-19-39(48)37-18-14-13-17-36(37)31(4)47/h7,9-10,13-15,17,21-24,29,33-34,37-38,40-41,45H,3,8,11-12,16,18-20,25-28H2,1-2,4-6H3,(H,44,49)/t33-,34?,37?,38?,40?,41?/m1/s1. The zero-order valence-electron chi connectivity index (χ0n) is 31.8. The number of thioether (sulfide) groups is 1. The van der Waals surface area contributed by atoms with Gasteiger partial charge in [-0.2, -0.15) is 0 Å². The lowest BCUT2D eigenvalue weighted by Gasteiger charge is -2.35. The van der Waals surface area contributed by atoms with Crippen molar-refractivity contribution in [3.8, 4) is 5.75 Å².